The topological polar surface area (TPSA) is 84.7 Å². The van der Waals surface area contributed by atoms with Gasteiger partial charge in [0.2, 0.25) is 11.8 Å². The van der Waals surface area contributed by atoms with Crippen LogP contribution in [-0.4, -0.2) is 44.5 Å². The summed E-state index contributed by atoms with van der Waals surface area (Å²) in [6.07, 6.45) is -0.0306. The quantitative estimate of drug-likeness (QED) is 0.810. The Morgan fingerprint density at radius 2 is 2.21 bits per heavy atom. The van der Waals surface area contributed by atoms with Crippen molar-refractivity contribution in [1.29, 1.82) is 0 Å². The van der Waals surface area contributed by atoms with Crippen molar-refractivity contribution in [1.82, 2.24) is 5.32 Å². The van der Waals surface area contributed by atoms with Gasteiger partial charge in [0.25, 0.3) is 5.92 Å². The first-order chi connectivity index (χ1) is 11.3. The number of carbonyl (C=O) groups is 2. The van der Waals surface area contributed by atoms with Crippen molar-refractivity contribution >= 4 is 17.5 Å². The summed E-state index contributed by atoms with van der Waals surface area (Å²) in [4.78, 5) is 25.8. The van der Waals surface area contributed by atoms with Gasteiger partial charge in [-0.3, -0.25) is 9.59 Å². The van der Waals surface area contributed by atoms with E-state index in [1.165, 1.54) is 12.0 Å². The van der Waals surface area contributed by atoms with Crippen molar-refractivity contribution in [2.75, 3.05) is 31.6 Å². The summed E-state index contributed by atoms with van der Waals surface area (Å²) in [5.74, 6) is -4.14. The van der Waals surface area contributed by atoms with E-state index >= 15 is 0 Å². The molecule has 0 aliphatic carbocycles. The average Bonchev–Trinajstić information content (AvgIpc) is 2.94. The van der Waals surface area contributed by atoms with Crippen LogP contribution in [0.25, 0.3) is 0 Å². The number of rotatable bonds is 6. The number of nitrogens with one attached hydrogen (secondary N) is 1. The molecule has 1 aliphatic rings. The molecule has 1 saturated heterocycles. The normalized spacial score (nSPS) is 18.0. The minimum absolute atomic E-state index is 0.0306. The van der Waals surface area contributed by atoms with Crippen LogP contribution in [-0.2, 0) is 9.59 Å². The first kappa shape index (κ1) is 18.1. The Morgan fingerprint density at radius 1 is 1.50 bits per heavy atom. The van der Waals surface area contributed by atoms with Crippen LogP contribution >= 0.6 is 0 Å². The molecule has 0 bridgehead atoms. The van der Waals surface area contributed by atoms with Gasteiger partial charge in [-0.2, -0.15) is 0 Å². The molecule has 0 radical (unpaired) electrons. The van der Waals surface area contributed by atoms with Crippen LogP contribution in [0, 0.1) is 12.8 Å². The Labute approximate surface area is 138 Å². The molecule has 1 fully saturated rings. The Bertz CT molecular complexity index is 637. The van der Waals surface area contributed by atoms with Crippen LogP contribution in [0.15, 0.2) is 18.2 Å². The Hall–Kier alpha value is -2.22. The molecule has 3 N–H and O–H groups in total. The molecule has 1 unspecified atom stereocenters. The lowest BCUT2D eigenvalue weighted by atomic mass is 10.1. The van der Waals surface area contributed by atoms with Gasteiger partial charge < -0.3 is 20.7 Å². The Balaban J connectivity index is 2.08. The van der Waals surface area contributed by atoms with E-state index in [1.54, 1.807) is 12.1 Å². The molecule has 0 spiro atoms. The number of carbonyl (C=O) groups excluding carboxylic acids is 2. The van der Waals surface area contributed by atoms with Gasteiger partial charge in [-0.15, -0.1) is 0 Å². The summed E-state index contributed by atoms with van der Waals surface area (Å²) in [6.45, 7) is 0.325. The lowest BCUT2D eigenvalue weighted by molar-refractivity contribution is -0.127. The second-order valence-electron chi connectivity index (χ2n) is 5.86. The van der Waals surface area contributed by atoms with E-state index in [9.17, 15) is 18.4 Å². The number of hydrogen-bond donors (Lipinski definition) is 2. The third-order valence-electron chi connectivity index (χ3n) is 3.94. The van der Waals surface area contributed by atoms with Crippen molar-refractivity contribution in [3.8, 4) is 5.75 Å². The molecule has 2 amide bonds. The Morgan fingerprint density at radius 3 is 2.83 bits per heavy atom. The predicted molar refractivity (Wildman–Crippen MR) is 85.2 cm³/mol. The molecule has 0 aromatic heterocycles. The largest absolute Gasteiger partial charge is 0.495 e. The lowest BCUT2D eigenvalue weighted by Crippen LogP contribution is -2.44. The summed E-state index contributed by atoms with van der Waals surface area (Å²) < 4.78 is 31.5. The second kappa shape index (κ2) is 7.12. The first-order valence-corrected chi connectivity index (χ1v) is 7.58. The fraction of sp³-hybridized carbons (Fsp3) is 0.500. The zero-order valence-corrected chi connectivity index (χ0v) is 13.6. The van der Waals surface area contributed by atoms with Gasteiger partial charge in [-0.1, -0.05) is 6.07 Å². The summed E-state index contributed by atoms with van der Waals surface area (Å²) in [6, 6.07) is 5.38. The first-order valence-electron chi connectivity index (χ1n) is 7.58. The summed E-state index contributed by atoms with van der Waals surface area (Å²) in [5, 5.41) is 2.17. The van der Waals surface area contributed by atoms with Crippen molar-refractivity contribution in [2.24, 2.45) is 11.7 Å². The molecule has 1 heterocycles. The van der Waals surface area contributed by atoms with Gasteiger partial charge in [0.05, 0.1) is 31.8 Å². The highest BCUT2D eigenvalue weighted by atomic mass is 19.3. The van der Waals surface area contributed by atoms with E-state index in [1.807, 2.05) is 13.0 Å². The van der Waals surface area contributed by atoms with Crippen LogP contribution in [0.2, 0.25) is 0 Å². The fourth-order valence-corrected chi connectivity index (χ4v) is 2.56. The van der Waals surface area contributed by atoms with Crippen LogP contribution in [0.3, 0.4) is 0 Å². The zero-order chi connectivity index (χ0) is 17.9. The van der Waals surface area contributed by atoms with Crippen molar-refractivity contribution < 1.29 is 23.1 Å². The number of alkyl halides is 2. The second-order valence-corrected chi connectivity index (χ2v) is 5.86. The van der Waals surface area contributed by atoms with Gasteiger partial charge in [0.15, 0.2) is 0 Å². The van der Waals surface area contributed by atoms with Crippen LogP contribution < -0.4 is 20.7 Å². The van der Waals surface area contributed by atoms with E-state index < -0.39 is 30.8 Å². The van der Waals surface area contributed by atoms with Gasteiger partial charge in [-0.05, 0) is 24.6 Å². The van der Waals surface area contributed by atoms with E-state index in [0.29, 0.717) is 11.4 Å². The van der Waals surface area contributed by atoms with Crippen LogP contribution in [0.1, 0.15) is 12.0 Å². The van der Waals surface area contributed by atoms with Crippen molar-refractivity contribution in [2.45, 2.75) is 19.3 Å². The minimum Gasteiger partial charge on any atom is -0.495 e. The summed E-state index contributed by atoms with van der Waals surface area (Å²) >= 11 is 0. The van der Waals surface area contributed by atoms with E-state index in [-0.39, 0.29) is 18.9 Å². The molecule has 24 heavy (non-hydrogen) atoms. The highest BCUT2D eigenvalue weighted by Gasteiger charge is 2.37. The number of hydrogen-bond acceptors (Lipinski definition) is 4. The van der Waals surface area contributed by atoms with E-state index in [0.717, 1.165) is 5.56 Å². The van der Waals surface area contributed by atoms with Crippen LogP contribution in [0.5, 0.6) is 5.75 Å². The standard InChI is InChI=1S/C16H21F2N3O3/c1-10-3-4-13(24-2)12(5-10)21-7-11(6-14(21)22)15(23)20-9-16(17,18)8-19/h3-5,11H,6-9,19H2,1-2H3,(H,20,23). The van der Waals surface area contributed by atoms with E-state index in [2.05, 4.69) is 5.32 Å². The van der Waals surface area contributed by atoms with E-state index in [4.69, 9.17) is 10.5 Å². The van der Waals surface area contributed by atoms with Gasteiger partial charge in [-0.25, -0.2) is 8.78 Å². The Kier molecular flexibility index (Phi) is 5.38. The fourth-order valence-electron chi connectivity index (χ4n) is 2.56. The van der Waals surface area contributed by atoms with Crippen molar-refractivity contribution in [3.05, 3.63) is 23.8 Å². The number of halogens is 2. The lowest BCUT2D eigenvalue weighted by Gasteiger charge is -2.20. The maximum Gasteiger partial charge on any atom is 0.277 e. The molecular weight excluding hydrogens is 320 g/mol. The third kappa shape index (κ3) is 4.00. The maximum absolute atomic E-state index is 13.1. The van der Waals surface area contributed by atoms with Gasteiger partial charge in [0, 0.05) is 13.0 Å². The summed E-state index contributed by atoms with van der Waals surface area (Å²) in [7, 11) is 1.49. The number of nitrogens with zero attached hydrogens (tertiary/aromatic N) is 1. The maximum atomic E-state index is 13.1. The molecule has 0 saturated carbocycles. The number of methoxy groups -OCH3 is 1. The molecular formula is C16H21F2N3O3. The molecule has 2 rings (SSSR count). The predicted octanol–water partition coefficient (Wildman–Crippen LogP) is 1.07. The molecule has 1 aliphatic heterocycles. The van der Waals surface area contributed by atoms with Crippen molar-refractivity contribution in [3.63, 3.8) is 0 Å². The highest BCUT2D eigenvalue weighted by Crippen LogP contribution is 2.33. The summed E-state index contributed by atoms with van der Waals surface area (Å²) in [5.41, 5.74) is 6.45. The third-order valence-corrected chi connectivity index (χ3v) is 3.94. The molecule has 1 aromatic rings. The van der Waals surface area contributed by atoms with Gasteiger partial charge >= 0.3 is 0 Å². The average molecular weight is 341 g/mol. The number of anilines is 1. The van der Waals surface area contributed by atoms with Gasteiger partial charge in [0.1, 0.15) is 5.75 Å². The number of ether oxygens (including phenoxy) is 1. The minimum atomic E-state index is -3.16. The molecule has 8 heteroatoms. The molecule has 1 atom stereocenters. The monoisotopic (exact) mass is 341 g/mol. The highest BCUT2D eigenvalue weighted by molar-refractivity contribution is 6.01. The van der Waals surface area contributed by atoms with Crippen LogP contribution in [0.4, 0.5) is 14.5 Å². The number of amides is 2. The molecule has 6 nitrogen and oxygen atoms in total. The zero-order valence-electron chi connectivity index (χ0n) is 13.6. The molecule has 1 aromatic carbocycles. The number of benzene rings is 1. The molecule has 132 valence electrons. The SMILES string of the molecule is COc1ccc(C)cc1N1CC(C(=O)NCC(F)(F)CN)CC1=O. The smallest absolute Gasteiger partial charge is 0.277 e. The number of nitrogens with two attached hydrogens (primary N) is 1. The number of aryl methyl sites for hydroxylation is 1.